The van der Waals surface area contributed by atoms with Crippen molar-refractivity contribution in [2.24, 2.45) is 0 Å². The zero-order valence-corrected chi connectivity index (χ0v) is 12.9. The molecule has 3 rings (SSSR count). The molecular formula is C17H14ClNO4. The van der Waals surface area contributed by atoms with Gasteiger partial charge in [0, 0.05) is 12.8 Å². The summed E-state index contributed by atoms with van der Waals surface area (Å²) in [6.07, 6.45) is 2.10. The van der Waals surface area contributed by atoms with E-state index in [9.17, 15) is 14.4 Å². The normalized spacial score (nSPS) is 17.1. The number of Topliss-reactive ketones (excluding diaryl/α,β-unsaturated/α-hetero) is 2. The predicted molar refractivity (Wildman–Crippen MR) is 84.3 cm³/mol. The Balaban J connectivity index is 2.06. The molecule has 1 aromatic heterocycles. The van der Waals surface area contributed by atoms with Crippen molar-refractivity contribution in [3.63, 3.8) is 0 Å². The van der Waals surface area contributed by atoms with E-state index in [0.717, 1.165) is 0 Å². The number of amides is 1. The van der Waals surface area contributed by atoms with Gasteiger partial charge < -0.3 is 9.73 Å². The van der Waals surface area contributed by atoms with Gasteiger partial charge in [-0.25, -0.2) is 0 Å². The molecule has 1 saturated carbocycles. The molecule has 2 aromatic rings. The first kappa shape index (κ1) is 15.5. The Labute approximate surface area is 137 Å². The fraction of sp³-hybridized carbons (Fsp3) is 0.235. The van der Waals surface area contributed by atoms with Gasteiger partial charge in [0.05, 0.1) is 17.0 Å². The molecule has 1 amide bonds. The number of anilines is 1. The Morgan fingerprint density at radius 2 is 1.78 bits per heavy atom. The highest BCUT2D eigenvalue weighted by Gasteiger charge is 2.56. The smallest absolute Gasteiger partial charge is 0.253 e. The van der Waals surface area contributed by atoms with Crippen LogP contribution in [0.1, 0.15) is 25.0 Å². The Morgan fingerprint density at radius 3 is 2.39 bits per heavy atom. The second-order valence-electron chi connectivity index (χ2n) is 5.36. The standard InChI is InChI=1S/C17H14ClNO4/c18-11-5-1-2-6-12(11)19-16(22)17(15-9-4-10-23-15)13(20)7-3-8-14(17)21/h1-2,4-6,9-10H,3,7-8H2,(H,19,22). The van der Waals surface area contributed by atoms with Gasteiger partial charge in [-0.2, -0.15) is 0 Å². The Hall–Kier alpha value is -2.40. The van der Waals surface area contributed by atoms with Gasteiger partial charge >= 0.3 is 0 Å². The van der Waals surface area contributed by atoms with Crippen molar-refractivity contribution in [1.29, 1.82) is 0 Å². The van der Waals surface area contributed by atoms with E-state index in [0.29, 0.717) is 17.1 Å². The van der Waals surface area contributed by atoms with Crippen molar-refractivity contribution in [3.8, 4) is 0 Å². The number of hydrogen-bond donors (Lipinski definition) is 1. The Bertz CT molecular complexity index is 751. The molecule has 0 aliphatic heterocycles. The molecule has 23 heavy (non-hydrogen) atoms. The van der Waals surface area contributed by atoms with Crippen molar-refractivity contribution in [2.45, 2.75) is 24.7 Å². The van der Waals surface area contributed by atoms with E-state index in [-0.39, 0.29) is 18.6 Å². The van der Waals surface area contributed by atoms with E-state index < -0.39 is 22.9 Å². The van der Waals surface area contributed by atoms with Gasteiger partial charge in [-0.15, -0.1) is 0 Å². The average Bonchev–Trinajstić information content (AvgIpc) is 3.04. The van der Waals surface area contributed by atoms with Crippen LogP contribution in [0.5, 0.6) is 0 Å². The van der Waals surface area contributed by atoms with Crippen LogP contribution in [-0.2, 0) is 19.8 Å². The third-order valence-electron chi connectivity index (χ3n) is 4.00. The Kier molecular flexibility index (Phi) is 4.05. The molecule has 118 valence electrons. The van der Waals surface area contributed by atoms with Gasteiger partial charge in [-0.05, 0) is 30.7 Å². The number of ketones is 2. The average molecular weight is 332 g/mol. The fourth-order valence-electron chi connectivity index (χ4n) is 2.85. The number of carbonyl (C=O) groups is 3. The van der Waals surface area contributed by atoms with E-state index in [2.05, 4.69) is 5.32 Å². The lowest BCUT2D eigenvalue weighted by Gasteiger charge is -2.31. The summed E-state index contributed by atoms with van der Waals surface area (Å²) < 4.78 is 5.27. The number of para-hydroxylation sites is 1. The van der Waals surface area contributed by atoms with E-state index in [1.807, 2.05) is 0 Å². The number of nitrogens with one attached hydrogen (secondary N) is 1. The first-order chi connectivity index (χ1) is 11.1. The fourth-order valence-corrected chi connectivity index (χ4v) is 3.03. The van der Waals surface area contributed by atoms with Gasteiger partial charge in [-0.3, -0.25) is 14.4 Å². The highest BCUT2D eigenvalue weighted by atomic mass is 35.5. The van der Waals surface area contributed by atoms with Crippen molar-refractivity contribution >= 4 is 34.8 Å². The highest BCUT2D eigenvalue weighted by Crippen LogP contribution is 2.36. The van der Waals surface area contributed by atoms with Crippen LogP contribution < -0.4 is 5.32 Å². The second-order valence-corrected chi connectivity index (χ2v) is 5.77. The lowest BCUT2D eigenvalue weighted by Crippen LogP contribution is -2.55. The topological polar surface area (TPSA) is 76.4 Å². The van der Waals surface area contributed by atoms with Gasteiger partial charge in [0.2, 0.25) is 5.41 Å². The minimum Gasteiger partial charge on any atom is -0.467 e. The lowest BCUT2D eigenvalue weighted by molar-refractivity contribution is -0.144. The number of halogens is 1. The van der Waals surface area contributed by atoms with Gasteiger partial charge in [0.15, 0.2) is 11.6 Å². The third kappa shape index (κ3) is 2.47. The third-order valence-corrected chi connectivity index (χ3v) is 4.33. The predicted octanol–water partition coefficient (Wildman–Crippen LogP) is 3.13. The maximum atomic E-state index is 12.9. The van der Waals surface area contributed by atoms with Gasteiger partial charge in [-0.1, -0.05) is 23.7 Å². The molecule has 1 heterocycles. The molecule has 6 heteroatoms. The quantitative estimate of drug-likeness (QED) is 0.877. The molecule has 0 unspecified atom stereocenters. The summed E-state index contributed by atoms with van der Waals surface area (Å²) >= 11 is 6.04. The minimum absolute atomic E-state index is 0.0525. The van der Waals surface area contributed by atoms with Crippen LogP contribution in [0, 0.1) is 0 Å². The summed E-state index contributed by atoms with van der Waals surface area (Å²) in [5.41, 5.74) is -1.59. The van der Waals surface area contributed by atoms with Crippen LogP contribution in [0.25, 0.3) is 0 Å². The van der Waals surface area contributed by atoms with Crippen molar-refractivity contribution < 1.29 is 18.8 Å². The number of rotatable bonds is 3. The molecule has 0 saturated heterocycles. The molecule has 1 aromatic carbocycles. The molecule has 1 N–H and O–H groups in total. The van der Waals surface area contributed by atoms with Crippen LogP contribution in [-0.4, -0.2) is 17.5 Å². The second kappa shape index (κ2) is 6.01. The number of carbonyl (C=O) groups excluding carboxylic acids is 3. The van der Waals surface area contributed by atoms with Crippen LogP contribution in [0.2, 0.25) is 5.02 Å². The zero-order valence-electron chi connectivity index (χ0n) is 12.2. The Morgan fingerprint density at radius 1 is 1.09 bits per heavy atom. The lowest BCUT2D eigenvalue weighted by atomic mass is 9.69. The van der Waals surface area contributed by atoms with Crippen molar-refractivity contribution in [3.05, 3.63) is 53.4 Å². The van der Waals surface area contributed by atoms with Crippen LogP contribution in [0.4, 0.5) is 5.69 Å². The summed E-state index contributed by atoms with van der Waals surface area (Å²) in [4.78, 5) is 38.0. The number of benzene rings is 1. The van der Waals surface area contributed by atoms with Crippen LogP contribution >= 0.6 is 11.6 Å². The maximum Gasteiger partial charge on any atom is 0.253 e. The van der Waals surface area contributed by atoms with Crippen molar-refractivity contribution in [1.82, 2.24) is 0 Å². The van der Waals surface area contributed by atoms with E-state index >= 15 is 0 Å². The molecule has 0 radical (unpaired) electrons. The number of hydrogen-bond acceptors (Lipinski definition) is 4. The summed E-state index contributed by atoms with van der Waals surface area (Å²) in [5.74, 6) is -1.58. The minimum atomic E-state index is -1.93. The monoisotopic (exact) mass is 331 g/mol. The molecule has 0 bridgehead atoms. The van der Waals surface area contributed by atoms with Crippen LogP contribution in [0.15, 0.2) is 47.1 Å². The maximum absolute atomic E-state index is 12.9. The van der Waals surface area contributed by atoms with E-state index in [4.69, 9.17) is 16.0 Å². The van der Waals surface area contributed by atoms with Gasteiger partial charge in [0.1, 0.15) is 5.76 Å². The summed E-state index contributed by atoms with van der Waals surface area (Å²) in [7, 11) is 0. The highest BCUT2D eigenvalue weighted by molar-refractivity contribution is 6.36. The molecule has 1 aliphatic rings. The summed E-state index contributed by atoms with van der Waals surface area (Å²) in [5, 5.41) is 2.92. The molecule has 1 aliphatic carbocycles. The van der Waals surface area contributed by atoms with E-state index in [1.165, 1.54) is 12.3 Å². The first-order valence-electron chi connectivity index (χ1n) is 7.23. The number of furan rings is 1. The molecule has 0 atom stereocenters. The van der Waals surface area contributed by atoms with E-state index in [1.54, 1.807) is 30.3 Å². The molecule has 5 nitrogen and oxygen atoms in total. The van der Waals surface area contributed by atoms with Gasteiger partial charge in [0.25, 0.3) is 5.91 Å². The molecule has 1 fully saturated rings. The van der Waals surface area contributed by atoms with Crippen molar-refractivity contribution in [2.75, 3.05) is 5.32 Å². The summed E-state index contributed by atoms with van der Waals surface area (Å²) in [6.45, 7) is 0. The first-order valence-corrected chi connectivity index (χ1v) is 7.61. The zero-order chi connectivity index (χ0) is 16.4. The molecular weight excluding hydrogens is 318 g/mol. The molecule has 0 spiro atoms. The SMILES string of the molecule is O=C1CCCC(=O)C1(C(=O)Nc1ccccc1Cl)c1ccco1. The summed E-state index contributed by atoms with van der Waals surface area (Å²) in [6, 6.07) is 9.67. The van der Waals surface area contributed by atoms with Crippen LogP contribution in [0.3, 0.4) is 0 Å². The largest absolute Gasteiger partial charge is 0.467 e.